The van der Waals surface area contributed by atoms with Gasteiger partial charge in [-0.25, -0.2) is 4.79 Å². The first-order valence-electron chi connectivity index (χ1n) is 5.57. The van der Waals surface area contributed by atoms with E-state index in [1.807, 2.05) is 12.1 Å². The molecule has 0 aliphatic rings. The van der Waals surface area contributed by atoms with Crippen LogP contribution in [0.2, 0.25) is 0 Å². The molecule has 2 rings (SSSR count). The zero-order chi connectivity index (χ0) is 12.8. The lowest BCUT2D eigenvalue weighted by Crippen LogP contribution is -2.12. The van der Waals surface area contributed by atoms with E-state index in [2.05, 4.69) is 0 Å². The first-order chi connectivity index (χ1) is 8.81. The largest absolute Gasteiger partial charge is 0.446 e. The SMILES string of the molecule is O=CC(OC(=O)c1ccccc1)c1ccccc1. The van der Waals surface area contributed by atoms with Crippen LogP contribution in [0.4, 0.5) is 0 Å². The van der Waals surface area contributed by atoms with Crippen molar-refractivity contribution in [2.75, 3.05) is 0 Å². The average Bonchev–Trinajstić information content (AvgIpc) is 2.46. The Bertz CT molecular complexity index is 520. The molecule has 2 aromatic carbocycles. The molecule has 2 aromatic rings. The first kappa shape index (κ1) is 12.0. The van der Waals surface area contributed by atoms with Gasteiger partial charge in [-0.3, -0.25) is 4.79 Å². The van der Waals surface area contributed by atoms with E-state index in [1.54, 1.807) is 48.5 Å². The van der Waals surface area contributed by atoms with Crippen molar-refractivity contribution in [3.63, 3.8) is 0 Å². The summed E-state index contributed by atoms with van der Waals surface area (Å²) < 4.78 is 5.16. The molecular weight excluding hydrogens is 228 g/mol. The Balaban J connectivity index is 2.13. The molecule has 0 saturated carbocycles. The van der Waals surface area contributed by atoms with Crippen LogP contribution in [0.1, 0.15) is 22.0 Å². The molecule has 0 radical (unpaired) electrons. The first-order valence-corrected chi connectivity index (χ1v) is 5.57. The average molecular weight is 240 g/mol. The molecule has 3 heteroatoms. The Kier molecular flexibility index (Phi) is 3.86. The summed E-state index contributed by atoms with van der Waals surface area (Å²) in [6.45, 7) is 0. The summed E-state index contributed by atoms with van der Waals surface area (Å²) in [5.41, 5.74) is 1.09. The van der Waals surface area contributed by atoms with E-state index in [1.165, 1.54) is 0 Å². The highest BCUT2D eigenvalue weighted by atomic mass is 16.5. The number of esters is 1. The molecular formula is C15H12O3. The van der Waals surface area contributed by atoms with E-state index in [-0.39, 0.29) is 0 Å². The Morgan fingerprint density at radius 3 is 2.06 bits per heavy atom. The van der Waals surface area contributed by atoms with Crippen molar-refractivity contribution in [1.29, 1.82) is 0 Å². The molecule has 90 valence electrons. The maximum absolute atomic E-state index is 11.8. The lowest BCUT2D eigenvalue weighted by Gasteiger charge is -2.12. The van der Waals surface area contributed by atoms with E-state index in [9.17, 15) is 9.59 Å². The van der Waals surface area contributed by atoms with Crippen molar-refractivity contribution in [3.05, 3.63) is 71.8 Å². The molecule has 0 fully saturated rings. The third-order valence-corrected chi connectivity index (χ3v) is 2.50. The number of aldehydes is 1. The van der Waals surface area contributed by atoms with Crippen molar-refractivity contribution in [2.24, 2.45) is 0 Å². The number of ether oxygens (including phenoxy) is 1. The van der Waals surface area contributed by atoms with E-state index < -0.39 is 12.1 Å². The van der Waals surface area contributed by atoms with E-state index in [0.717, 1.165) is 0 Å². The number of hydrogen-bond donors (Lipinski definition) is 0. The normalized spacial score (nSPS) is 11.6. The second-order valence-corrected chi connectivity index (χ2v) is 3.74. The Morgan fingerprint density at radius 1 is 0.944 bits per heavy atom. The fourth-order valence-electron chi connectivity index (χ4n) is 1.57. The van der Waals surface area contributed by atoms with Gasteiger partial charge in [0.1, 0.15) is 0 Å². The summed E-state index contributed by atoms with van der Waals surface area (Å²) in [6.07, 6.45) is -0.241. The van der Waals surface area contributed by atoms with Crippen molar-refractivity contribution >= 4 is 12.3 Å². The number of hydrogen-bond acceptors (Lipinski definition) is 3. The Hall–Kier alpha value is -2.42. The molecule has 18 heavy (non-hydrogen) atoms. The van der Waals surface area contributed by atoms with Gasteiger partial charge < -0.3 is 4.74 Å². The van der Waals surface area contributed by atoms with E-state index >= 15 is 0 Å². The lowest BCUT2D eigenvalue weighted by molar-refractivity contribution is -0.115. The smallest absolute Gasteiger partial charge is 0.339 e. The van der Waals surface area contributed by atoms with Gasteiger partial charge in [0.15, 0.2) is 12.4 Å². The zero-order valence-corrected chi connectivity index (χ0v) is 9.65. The van der Waals surface area contributed by atoms with Crippen LogP contribution in [0, 0.1) is 0 Å². The van der Waals surface area contributed by atoms with Crippen molar-refractivity contribution in [1.82, 2.24) is 0 Å². The highest BCUT2D eigenvalue weighted by Gasteiger charge is 2.16. The fraction of sp³-hybridized carbons (Fsp3) is 0.0667. The number of benzene rings is 2. The minimum atomic E-state index is -0.862. The van der Waals surface area contributed by atoms with Gasteiger partial charge in [-0.15, -0.1) is 0 Å². The Labute approximate surface area is 105 Å². The van der Waals surface area contributed by atoms with Crippen molar-refractivity contribution in [2.45, 2.75) is 6.10 Å². The summed E-state index contributed by atoms with van der Waals surface area (Å²) in [6, 6.07) is 17.5. The van der Waals surface area contributed by atoms with Crippen LogP contribution < -0.4 is 0 Å². The van der Waals surface area contributed by atoms with E-state index in [4.69, 9.17) is 4.74 Å². The molecule has 1 atom stereocenters. The predicted molar refractivity (Wildman–Crippen MR) is 67.1 cm³/mol. The van der Waals surface area contributed by atoms with Crippen LogP contribution in [0.15, 0.2) is 60.7 Å². The molecule has 0 amide bonds. The van der Waals surface area contributed by atoms with Gasteiger partial charge in [-0.1, -0.05) is 48.5 Å². The Morgan fingerprint density at radius 2 is 1.50 bits per heavy atom. The third-order valence-electron chi connectivity index (χ3n) is 2.50. The van der Waals surface area contributed by atoms with Gasteiger partial charge in [-0.2, -0.15) is 0 Å². The van der Waals surface area contributed by atoms with Crippen molar-refractivity contribution in [3.8, 4) is 0 Å². The zero-order valence-electron chi connectivity index (χ0n) is 9.65. The molecule has 0 saturated heterocycles. The van der Waals surface area contributed by atoms with Crippen LogP contribution in [0.3, 0.4) is 0 Å². The minimum Gasteiger partial charge on any atom is -0.446 e. The van der Waals surface area contributed by atoms with E-state index in [0.29, 0.717) is 17.4 Å². The third kappa shape index (κ3) is 2.83. The second-order valence-electron chi connectivity index (χ2n) is 3.74. The molecule has 0 bridgehead atoms. The minimum absolute atomic E-state index is 0.431. The van der Waals surface area contributed by atoms with Gasteiger partial charge in [0, 0.05) is 0 Å². The van der Waals surface area contributed by atoms with Crippen molar-refractivity contribution < 1.29 is 14.3 Å². The number of carbonyl (C=O) groups is 2. The summed E-state index contributed by atoms with van der Waals surface area (Å²) in [4.78, 5) is 22.8. The highest BCUT2D eigenvalue weighted by Crippen LogP contribution is 2.16. The lowest BCUT2D eigenvalue weighted by atomic mass is 10.1. The summed E-state index contributed by atoms with van der Waals surface area (Å²) >= 11 is 0. The van der Waals surface area contributed by atoms with Crippen LogP contribution in [-0.2, 0) is 9.53 Å². The number of rotatable bonds is 4. The maximum atomic E-state index is 11.8. The van der Waals surface area contributed by atoms with Gasteiger partial charge in [0.25, 0.3) is 0 Å². The second kappa shape index (κ2) is 5.77. The monoisotopic (exact) mass is 240 g/mol. The van der Waals surface area contributed by atoms with Crippen LogP contribution in [-0.4, -0.2) is 12.3 Å². The van der Waals surface area contributed by atoms with Crippen LogP contribution >= 0.6 is 0 Å². The molecule has 1 unspecified atom stereocenters. The summed E-state index contributed by atoms with van der Waals surface area (Å²) in [5.74, 6) is -0.503. The molecule has 0 heterocycles. The molecule has 3 nitrogen and oxygen atoms in total. The van der Waals surface area contributed by atoms with Gasteiger partial charge in [-0.05, 0) is 17.7 Å². The summed E-state index contributed by atoms with van der Waals surface area (Å²) in [7, 11) is 0. The number of carbonyl (C=O) groups excluding carboxylic acids is 2. The molecule has 0 spiro atoms. The molecule has 0 N–H and O–H groups in total. The van der Waals surface area contributed by atoms with Gasteiger partial charge in [0.2, 0.25) is 0 Å². The molecule has 0 aliphatic carbocycles. The maximum Gasteiger partial charge on any atom is 0.339 e. The predicted octanol–water partition coefficient (Wildman–Crippen LogP) is 2.78. The molecule has 0 aromatic heterocycles. The fourth-order valence-corrected chi connectivity index (χ4v) is 1.57. The van der Waals surface area contributed by atoms with Gasteiger partial charge in [0.05, 0.1) is 5.56 Å². The van der Waals surface area contributed by atoms with Crippen LogP contribution in [0.25, 0.3) is 0 Å². The standard InChI is InChI=1S/C15H12O3/c16-11-14(12-7-3-1-4-8-12)18-15(17)13-9-5-2-6-10-13/h1-11,14H. The topological polar surface area (TPSA) is 43.4 Å². The highest BCUT2D eigenvalue weighted by molar-refractivity contribution is 5.90. The quantitative estimate of drug-likeness (QED) is 0.609. The van der Waals surface area contributed by atoms with Crippen LogP contribution in [0.5, 0.6) is 0 Å². The molecule has 0 aliphatic heterocycles. The summed E-state index contributed by atoms with van der Waals surface area (Å²) in [5, 5.41) is 0. The van der Waals surface area contributed by atoms with Gasteiger partial charge >= 0.3 is 5.97 Å².